The van der Waals surface area contributed by atoms with E-state index < -0.39 is 17.9 Å². The van der Waals surface area contributed by atoms with Crippen molar-refractivity contribution in [1.29, 1.82) is 0 Å². The monoisotopic (exact) mass is 382 g/mol. The Balaban J connectivity index is 1.88. The highest BCUT2D eigenvalue weighted by Gasteiger charge is 2.37. The molecule has 2 aliphatic heterocycles. The number of carboxylic acid groups (broad SMARTS) is 1. The van der Waals surface area contributed by atoms with Crippen molar-refractivity contribution in [3.05, 3.63) is 0 Å². The van der Waals surface area contributed by atoms with Gasteiger partial charge in [0.05, 0.1) is 12.5 Å². The Labute approximate surface area is 159 Å². The number of urea groups is 1. The number of carbonyl (C=O) groups excluding carboxylic acids is 3. The summed E-state index contributed by atoms with van der Waals surface area (Å²) in [7, 11) is 1.57. The number of nitrogens with one attached hydrogen (secondary N) is 1. The van der Waals surface area contributed by atoms with Gasteiger partial charge in [-0.3, -0.25) is 14.4 Å². The lowest BCUT2D eigenvalue weighted by Crippen LogP contribution is -2.53. The summed E-state index contributed by atoms with van der Waals surface area (Å²) in [5, 5.41) is 11.8. The van der Waals surface area contributed by atoms with Crippen molar-refractivity contribution in [1.82, 2.24) is 20.0 Å². The van der Waals surface area contributed by atoms with Gasteiger partial charge in [0.25, 0.3) is 0 Å². The quantitative estimate of drug-likeness (QED) is 0.713. The highest BCUT2D eigenvalue weighted by Crippen LogP contribution is 2.20. The molecule has 0 aromatic heterocycles. The van der Waals surface area contributed by atoms with Gasteiger partial charge < -0.3 is 25.1 Å². The molecular formula is C18H30N4O5. The van der Waals surface area contributed by atoms with E-state index >= 15 is 0 Å². The lowest BCUT2D eigenvalue weighted by molar-refractivity contribution is -0.146. The molecule has 0 radical (unpaired) electrons. The van der Waals surface area contributed by atoms with E-state index in [1.54, 1.807) is 16.8 Å². The average molecular weight is 382 g/mol. The van der Waals surface area contributed by atoms with E-state index in [2.05, 4.69) is 5.32 Å². The maximum absolute atomic E-state index is 12.8. The molecule has 1 atom stereocenters. The topological polar surface area (TPSA) is 110 Å². The van der Waals surface area contributed by atoms with E-state index in [0.717, 1.165) is 6.42 Å². The zero-order valence-corrected chi connectivity index (χ0v) is 16.3. The Morgan fingerprint density at radius 2 is 1.74 bits per heavy atom. The van der Waals surface area contributed by atoms with Crippen molar-refractivity contribution in [2.24, 2.45) is 5.92 Å². The van der Waals surface area contributed by atoms with Gasteiger partial charge in [-0.1, -0.05) is 0 Å². The second-order valence-corrected chi connectivity index (χ2v) is 7.64. The molecule has 0 aliphatic carbocycles. The first-order valence-corrected chi connectivity index (χ1v) is 9.53. The zero-order valence-electron chi connectivity index (χ0n) is 16.3. The fraction of sp³-hybridized carbons (Fsp3) is 0.778. The van der Waals surface area contributed by atoms with Crippen LogP contribution in [-0.2, 0) is 14.4 Å². The third kappa shape index (κ3) is 5.33. The molecule has 0 aromatic carbocycles. The molecule has 9 heteroatoms. The van der Waals surface area contributed by atoms with Gasteiger partial charge in [-0.15, -0.1) is 0 Å². The van der Waals surface area contributed by atoms with Crippen LogP contribution in [0.15, 0.2) is 0 Å². The Hall–Kier alpha value is -2.32. The lowest BCUT2D eigenvalue weighted by Gasteiger charge is -2.33. The van der Waals surface area contributed by atoms with Crippen molar-refractivity contribution in [2.45, 2.75) is 51.6 Å². The number of likely N-dealkylation sites (tertiary alicyclic amines) is 2. The van der Waals surface area contributed by atoms with Crippen LogP contribution in [0, 0.1) is 5.92 Å². The molecule has 2 aliphatic rings. The molecule has 27 heavy (non-hydrogen) atoms. The number of likely N-dealkylation sites (N-methyl/N-ethyl adjacent to an activating group) is 1. The van der Waals surface area contributed by atoms with Gasteiger partial charge in [0.1, 0.15) is 6.04 Å². The summed E-state index contributed by atoms with van der Waals surface area (Å²) in [5.41, 5.74) is 0. The van der Waals surface area contributed by atoms with E-state index in [4.69, 9.17) is 5.11 Å². The molecule has 0 unspecified atom stereocenters. The molecular weight excluding hydrogens is 352 g/mol. The van der Waals surface area contributed by atoms with Crippen LogP contribution >= 0.6 is 0 Å². The molecule has 2 rings (SSSR count). The van der Waals surface area contributed by atoms with Gasteiger partial charge in [0.15, 0.2) is 0 Å². The smallest absolute Gasteiger partial charge is 0.318 e. The van der Waals surface area contributed by atoms with Crippen molar-refractivity contribution in [3.8, 4) is 0 Å². The molecule has 9 nitrogen and oxygen atoms in total. The van der Waals surface area contributed by atoms with Crippen LogP contribution in [0.1, 0.15) is 39.5 Å². The standard InChI is InChI=1S/C18H30N4O5/c1-12(2)19-18(27)22-8-4-5-14(22)16(24)20(3)11-15(23)21-9-6-13(7-10-21)17(25)26/h12-14H,4-11H2,1-3H3,(H,19,27)(H,25,26)/t14-/m0/s1. The van der Waals surface area contributed by atoms with Gasteiger partial charge in [0, 0.05) is 32.7 Å². The van der Waals surface area contributed by atoms with E-state index in [9.17, 15) is 19.2 Å². The van der Waals surface area contributed by atoms with Gasteiger partial charge >= 0.3 is 12.0 Å². The summed E-state index contributed by atoms with van der Waals surface area (Å²) in [5.74, 6) is -1.65. The summed E-state index contributed by atoms with van der Waals surface area (Å²) >= 11 is 0. The summed E-state index contributed by atoms with van der Waals surface area (Å²) in [6, 6.07) is -0.808. The highest BCUT2D eigenvalue weighted by molar-refractivity contribution is 5.90. The van der Waals surface area contributed by atoms with Crippen molar-refractivity contribution < 1.29 is 24.3 Å². The minimum absolute atomic E-state index is 0.0121. The normalized spacial score (nSPS) is 20.7. The number of hydrogen-bond acceptors (Lipinski definition) is 4. The number of nitrogens with zero attached hydrogens (tertiary/aromatic N) is 3. The SMILES string of the molecule is CC(C)NC(=O)N1CCC[C@H]1C(=O)N(C)CC(=O)N1CCC(C(=O)O)CC1. The van der Waals surface area contributed by atoms with Crippen LogP contribution in [0.4, 0.5) is 4.79 Å². The summed E-state index contributed by atoms with van der Waals surface area (Å²) < 4.78 is 0. The molecule has 2 heterocycles. The Bertz CT molecular complexity index is 586. The molecule has 0 saturated carbocycles. The van der Waals surface area contributed by atoms with Gasteiger partial charge in [-0.05, 0) is 39.5 Å². The first-order valence-electron chi connectivity index (χ1n) is 9.53. The largest absolute Gasteiger partial charge is 0.481 e. The van der Waals surface area contributed by atoms with E-state index in [1.807, 2.05) is 13.8 Å². The second-order valence-electron chi connectivity index (χ2n) is 7.64. The molecule has 0 bridgehead atoms. The maximum atomic E-state index is 12.8. The van der Waals surface area contributed by atoms with Crippen molar-refractivity contribution in [3.63, 3.8) is 0 Å². The average Bonchev–Trinajstić information content (AvgIpc) is 3.10. The zero-order chi connectivity index (χ0) is 20.1. The fourth-order valence-electron chi connectivity index (χ4n) is 3.61. The number of rotatable bonds is 5. The molecule has 4 amide bonds. The van der Waals surface area contributed by atoms with Crippen LogP contribution in [0.3, 0.4) is 0 Å². The van der Waals surface area contributed by atoms with Gasteiger partial charge in [-0.2, -0.15) is 0 Å². The fourth-order valence-corrected chi connectivity index (χ4v) is 3.61. The summed E-state index contributed by atoms with van der Waals surface area (Å²) in [6.45, 7) is 4.98. The van der Waals surface area contributed by atoms with Crippen molar-refractivity contribution in [2.75, 3.05) is 33.2 Å². The number of amides is 4. The van der Waals surface area contributed by atoms with E-state index in [1.165, 1.54) is 4.90 Å². The molecule has 152 valence electrons. The summed E-state index contributed by atoms with van der Waals surface area (Å²) in [4.78, 5) is 53.0. The van der Waals surface area contributed by atoms with Gasteiger partial charge in [-0.25, -0.2) is 4.79 Å². The molecule has 0 spiro atoms. The Kier molecular flexibility index (Phi) is 7.04. The number of carboxylic acids is 1. The highest BCUT2D eigenvalue weighted by atomic mass is 16.4. The van der Waals surface area contributed by atoms with E-state index in [0.29, 0.717) is 38.9 Å². The van der Waals surface area contributed by atoms with Crippen LogP contribution in [0.5, 0.6) is 0 Å². The number of carbonyl (C=O) groups is 4. The second kappa shape index (κ2) is 9.05. The first-order chi connectivity index (χ1) is 12.7. The van der Waals surface area contributed by atoms with E-state index in [-0.39, 0.29) is 30.4 Å². The maximum Gasteiger partial charge on any atom is 0.318 e. The Morgan fingerprint density at radius 3 is 2.30 bits per heavy atom. The Morgan fingerprint density at radius 1 is 1.11 bits per heavy atom. The van der Waals surface area contributed by atoms with Crippen LogP contribution < -0.4 is 5.32 Å². The minimum atomic E-state index is -0.824. The van der Waals surface area contributed by atoms with Crippen LogP contribution in [-0.4, -0.2) is 88.9 Å². The third-order valence-corrected chi connectivity index (χ3v) is 5.16. The lowest BCUT2D eigenvalue weighted by atomic mass is 9.97. The van der Waals surface area contributed by atoms with Gasteiger partial charge in [0.2, 0.25) is 11.8 Å². The predicted octanol–water partition coefficient (Wildman–Crippen LogP) is 0.350. The summed E-state index contributed by atoms with van der Waals surface area (Å²) in [6.07, 6.45) is 2.22. The molecule has 2 fully saturated rings. The van der Waals surface area contributed by atoms with Crippen LogP contribution in [0.25, 0.3) is 0 Å². The number of hydrogen-bond donors (Lipinski definition) is 2. The molecule has 2 N–H and O–H groups in total. The number of aliphatic carboxylic acids is 1. The molecule has 2 saturated heterocycles. The molecule has 0 aromatic rings. The van der Waals surface area contributed by atoms with Crippen molar-refractivity contribution >= 4 is 23.8 Å². The number of piperidine rings is 1. The third-order valence-electron chi connectivity index (χ3n) is 5.16. The first kappa shape index (κ1) is 21.0. The minimum Gasteiger partial charge on any atom is -0.481 e. The van der Waals surface area contributed by atoms with Crippen LogP contribution in [0.2, 0.25) is 0 Å². The predicted molar refractivity (Wildman–Crippen MR) is 98.0 cm³/mol.